The molecule has 2 heterocycles. The lowest BCUT2D eigenvalue weighted by Crippen LogP contribution is -2.03. The first-order valence-corrected chi connectivity index (χ1v) is 5.92. The zero-order valence-corrected chi connectivity index (χ0v) is 9.85. The molecular formula is C10H5BrN2OS. The molecule has 0 atom stereocenters. The van der Waals surface area contributed by atoms with Crippen LogP contribution in [0.25, 0.3) is 20.3 Å². The Balaban J connectivity index is 2.64. The predicted molar refractivity (Wildman–Crippen MR) is 65.4 cm³/mol. The molecule has 0 aliphatic heterocycles. The monoisotopic (exact) mass is 280 g/mol. The van der Waals surface area contributed by atoms with Crippen molar-refractivity contribution in [1.29, 1.82) is 0 Å². The van der Waals surface area contributed by atoms with Crippen LogP contribution < -0.4 is 5.56 Å². The first-order chi connectivity index (χ1) is 7.25. The Morgan fingerprint density at radius 2 is 2.27 bits per heavy atom. The lowest BCUT2D eigenvalue weighted by molar-refractivity contribution is 1.18. The van der Waals surface area contributed by atoms with Crippen molar-refractivity contribution in [3.05, 3.63) is 39.4 Å². The third kappa shape index (κ3) is 1.31. The van der Waals surface area contributed by atoms with Crippen LogP contribution in [0.4, 0.5) is 0 Å². The maximum Gasteiger partial charge on any atom is 0.268 e. The van der Waals surface area contributed by atoms with E-state index in [2.05, 4.69) is 25.9 Å². The summed E-state index contributed by atoms with van der Waals surface area (Å²) in [7, 11) is 0. The van der Waals surface area contributed by atoms with Gasteiger partial charge >= 0.3 is 0 Å². The number of aromatic nitrogens is 2. The van der Waals surface area contributed by atoms with Crippen molar-refractivity contribution in [2.24, 2.45) is 0 Å². The molecule has 5 heteroatoms. The standard InChI is InChI=1S/C10H5BrN2OS/c11-5-1-2-7-6(3-5)8-9(15-7)10(14)13-4-12-8/h1-4H,(H,12,13,14). The molecule has 3 rings (SSSR count). The number of aromatic amines is 1. The fourth-order valence-electron chi connectivity index (χ4n) is 1.56. The molecule has 74 valence electrons. The highest BCUT2D eigenvalue weighted by Gasteiger charge is 2.08. The van der Waals surface area contributed by atoms with E-state index in [1.807, 2.05) is 18.2 Å². The van der Waals surface area contributed by atoms with Gasteiger partial charge in [-0.2, -0.15) is 0 Å². The molecule has 0 aliphatic carbocycles. The number of hydrogen-bond acceptors (Lipinski definition) is 3. The number of nitrogens with one attached hydrogen (secondary N) is 1. The highest BCUT2D eigenvalue weighted by molar-refractivity contribution is 9.10. The van der Waals surface area contributed by atoms with Gasteiger partial charge in [-0.3, -0.25) is 4.79 Å². The number of rotatable bonds is 0. The van der Waals surface area contributed by atoms with E-state index < -0.39 is 0 Å². The minimum Gasteiger partial charge on any atom is -0.312 e. The zero-order chi connectivity index (χ0) is 10.4. The third-order valence-corrected chi connectivity index (χ3v) is 3.87. The summed E-state index contributed by atoms with van der Waals surface area (Å²) in [6, 6.07) is 5.94. The maximum atomic E-state index is 11.5. The van der Waals surface area contributed by atoms with Gasteiger partial charge in [0.2, 0.25) is 0 Å². The van der Waals surface area contributed by atoms with Gasteiger partial charge in [-0.05, 0) is 18.2 Å². The molecular weight excluding hydrogens is 276 g/mol. The van der Waals surface area contributed by atoms with E-state index in [1.54, 1.807) is 0 Å². The number of thiophene rings is 1. The Hall–Kier alpha value is -1.20. The van der Waals surface area contributed by atoms with Crippen LogP contribution in [0.1, 0.15) is 0 Å². The molecule has 2 aromatic heterocycles. The number of hydrogen-bond donors (Lipinski definition) is 1. The number of fused-ring (bicyclic) bond motifs is 3. The van der Waals surface area contributed by atoms with Crippen LogP contribution in [0.3, 0.4) is 0 Å². The van der Waals surface area contributed by atoms with Crippen molar-refractivity contribution < 1.29 is 0 Å². The molecule has 0 aliphatic rings. The van der Waals surface area contributed by atoms with Gasteiger partial charge in [-0.1, -0.05) is 15.9 Å². The topological polar surface area (TPSA) is 45.8 Å². The van der Waals surface area contributed by atoms with Gasteiger partial charge in [0, 0.05) is 14.6 Å². The van der Waals surface area contributed by atoms with Crippen molar-refractivity contribution in [1.82, 2.24) is 9.97 Å². The number of nitrogens with zero attached hydrogens (tertiary/aromatic N) is 1. The summed E-state index contributed by atoms with van der Waals surface area (Å²) in [4.78, 5) is 18.3. The van der Waals surface area contributed by atoms with Crippen molar-refractivity contribution in [2.45, 2.75) is 0 Å². The van der Waals surface area contributed by atoms with E-state index >= 15 is 0 Å². The first kappa shape index (κ1) is 9.06. The highest BCUT2D eigenvalue weighted by atomic mass is 79.9. The minimum absolute atomic E-state index is 0.0719. The van der Waals surface area contributed by atoms with Crippen LogP contribution in [0.5, 0.6) is 0 Å². The van der Waals surface area contributed by atoms with Gasteiger partial charge in [0.15, 0.2) is 0 Å². The summed E-state index contributed by atoms with van der Waals surface area (Å²) >= 11 is 4.88. The third-order valence-electron chi connectivity index (χ3n) is 2.22. The quantitative estimate of drug-likeness (QED) is 0.688. The van der Waals surface area contributed by atoms with Gasteiger partial charge in [0.05, 0.1) is 11.8 Å². The van der Waals surface area contributed by atoms with Crippen LogP contribution >= 0.6 is 27.3 Å². The number of H-pyrrole nitrogens is 1. The zero-order valence-electron chi connectivity index (χ0n) is 7.45. The van der Waals surface area contributed by atoms with Crippen LogP contribution in [0, 0.1) is 0 Å². The van der Waals surface area contributed by atoms with E-state index in [1.165, 1.54) is 17.7 Å². The van der Waals surface area contributed by atoms with Crippen LogP contribution in [-0.2, 0) is 0 Å². The van der Waals surface area contributed by atoms with E-state index in [4.69, 9.17) is 0 Å². The molecule has 0 fully saturated rings. The molecule has 1 aromatic carbocycles. The molecule has 0 radical (unpaired) electrons. The average molecular weight is 281 g/mol. The summed E-state index contributed by atoms with van der Waals surface area (Å²) in [6.45, 7) is 0. The normalized spacial score (nSPS) is 11.3. The van der Waals surface area contributed by atoms with Crippen LogP contribution in [-0.4, -0.2) is 9.97 Å². The SMILES string of the molecule is O=c1[nH]cnc2c1sc1ccc(Br)cc12. The minimum atomic E-state index is -0.0719. The van der Waals surface area contributed by atoms with Crippen molar-refractivity contribution in [3.8, 4) is 0 Å². The van der Waals surface area contributed by atoms with Gasteiger partial charge in [-0.15, -0.1) is 11.3 Å². The Morgan fingerprint density at radius 3 is 3.13 bits per heavy atom. The second-order valence-corrected chi connectivity index (χ2v) is 5.12. The molecule has 0 saturated carbocycles. The highest BCUT2D eigenvalue weighted by Crippen LogP contribution is 2.31. The number of halogens is 1. The molecule has 15 heavy (non-hydrogen) atoms. The fourth-order valence-corrected chi connectivity index (χ4v) is 2.95. The number of benzene rings is 1. The maximum absolute atomic E-state index is 11.5. The smallest absolute Gasteiger partial charge is 0.268 e. The van der Waals surface area contributed by atoms with E-state index in [0.29, 0.717) is 4.70 Å². The van der Waals surface area contributed by atoms with E-state index in [9.17, 15) is 4.79 Å². The van der Waals surface area contributed by atoms with Crippen LogP contribution in [0.2, 0.25) is 0 Å². The molecule has 3 nitrogen and oxygen atoms in total. The summed E-state index contributed by atoms with van der Waals surface area (Å²) in [5.74, 6) is 0. The van der Waals surface area contributed by atoms with Gasteiger partial charge in [0.1, 0.15) is 4.70 Å². The lowest BCUT2D eigenvalue weighted by atomic mass is 10.2. The second-order valence-electron chi connectivity index (χ2n) is 3.15. The Bertz CT molecular complexity index is 716. The average Bonchev–Trinajstić information content (AvgIpc) is 2.58. The van der Waals surface area contributed by atoms with Crippen LogP contribution in [0.15, 0.2) is 33.8 Å². The van der Waals surface area contributed by atoms with E-state index in [-0.39, 0.29) is 5.56 Å². The van der Waals surface area contributed by atoms with Crippen molar-refractivity contribution >= 4 is 47.6 Å². The molecule has 3 aromatic rings. The Morgan fingerprint density at radius 1 is 1.40 bits per heavy atom. The molecule has 1 N–H and O–H groups in total. The van der Waals surface area contributed by atoms with Gasteiger partial charge < -0.3 is 4.98 Å². The van der Waals surface area contributed by atoms with Crippen molar-refractivity contribution in [2.75, 3.05) is 0 Å². The summed E-state index contributed by atoms with van der Waals surface area (Å²) < 4.78 is 2.76. The second kappa shape index (κ2) is 3.15. The molecule has 0 unspecified atom stereocenters. The summed E-state index contributed by atoms with van der Waals surface area (Å²) in [5.41, 5.74) is 0.706. The predicted octanol–water partition coefficient (Wildman–Crippen LogP) is 2.90. The first-order valence-electron chi connectivity index (χ1n) is 4.31. The Kier molecular flexibility index (Phi) is 1.90. The van der Waals surface area contributed by atoms with E-state index in [0.717, 1.165) is 20.1 Å². The lowest BCUT2D eigenvalue weighted by Gasteiger charge is -1.91. The fraction of sp³-hybridized carbons (Fsp3) is 0. The summed E-state index contributed by atoms with van der Waals surface area (Å²) in [5, 5.41) is 1.02. The Labute approximate surface area is 96.9 Å². The molecule has 0 saturated heterocycles. The molecule has 0 spiro atoms. The summed E-state index contributed by atoms with van der Waals surface area (Å²) in [6.07, 6.45) is 1.44. The largest absolute Gasteiger partial charge is 0.312 e. The molecule has 0 amide bonds. The van der Waals surface area contributed by atoms with Crippen molar-refractivity contribution in [3.63, 3.8) is 0 Å². The molecule has 0 bridgehead atoms. The van der Waals surface area contributed by atoms with Gasteiger partial charge in [0.25, 0.3) is 5.56 Å². The van der Waals surface area contributed by atoms with Gasteiger partial charge in [-0.25, -0.2) is 4.98 Å².